The van der Waals surface area contributed by atoms with Crippen molar-refractivity contribution in [1.82, 2.24) is 0 Å². The van der Waals surface area contributed by atoms with E-state index in [4.69, 9.17) is 32.5 Å². The maximum absolute atomic E-state index is 7.00. The van der Waals surface area contributed by atoms with Gasteiger partial charge in [0.05, 0.1) is 0 Å². The summed E-state index contributed by atoms with van der Waals surface area (Å²) >= 11 is 0. The van der Waals surface area contributed by atoms with E-state index < -0.39 is 0 Å². The van der Waals surface area contributed by atoms with Crippen LogP contribution >= 0.6 is 0 Å². The first-order chi connectivity index (χ1) is 5.41. The van der Waals surface area contributed by atoms with E-state index in [-0.39, 0.29) is 17.4 Å². The van der Waals surface area contributed by atoms with Gasteiger partial charge in [0.25, 0.3) is 0 Å². The molecule has 0 fully saturated rings. The van der Waals surface area contributed by atoms with Crippen LogP contribution in [0.1, 0.15) is 0 Å². The van der Waals surface area contributed by atoms with Gasteiger partial charge in [-0.15, -0.1) is 0 Å². The molecule has 0 spiro atoms. The Bertz CT molecular complexity index is 41.5. The molecule has 0 atom stereocenters. The molecule has 0 aromatic rings. The standard InChI is InChI=1S/C4H10N3.Cr.2O2/c5-1-3-7-4-2-6;;2*1-2/h5-6H,1-4H2;;;/q-3;+4;2*-2. The van der Waals surface area contributed by atoms with Crippen molar-refractivity contribution in [2.75, 3.05) is 26.2 Å². The summed E-state index contributed by atoms with van der Waals surface area (Å²) in [5, 5.41) is 31.8. The summed E-state index contributed by atoms with van der Waals surface area (Å²) in [5.74, 6) is 0. The zero-order valence-corrected chi connectivity index (χ0v) is 7.59. The summed E-state index contributed by atoms with van der Waals surface area (Å²) in [6.07, 6.45) is 0. The second kappa shape index (κ2) is 42.9. The third-order valence-electron chi connectivity index (χ3n) is 0.540. The molecule has 0 rings (SSSR count). The Morgan fingerprint density at radius 1 is 0.833 bits per heavy atom. The molecule has 2 N–H and O–H groups in total. The van der Waals surface area contributed by atoms with Gasteiger partial charge in [0.2, 0.25) is 0 Å². The van der Waals surface area contributed by atoms with E-state index in [0.717, 1.165) is 0 Å². The van der Waals surface area contributed by atoms with Gasteiger partial charge in [-0.05, 0) is 0 Å². The fourth-order valence-corrected chi connectivity index (χ4v) is 0.270. The second-order valence-corrected chi connectivity index (χ2v) is 1.17. The Balaban J connectivity index is -0.0000000560. The number of nitrogens with zero attached hydrogens (tertiary/aromatic N) is 1. The number of rotatable bonds is 4. The molecule has 0 aliphatic carbocycles. The van der Waals surface area contributed by atoms with Crippen molar-refractivity contribution < 1.29 is 38.4 Å². The van der Waals surface area contributed by atoms with Crippen LogP contribution in [0.3, 0.4) is 0 Å². The van der Waals surface area contributed by atoms with Gasteiger partial charge in [0, 0.05) is 0 Å². The maximum atomic E-state index is 7.00. The van der Waals surface area contributed by atoms with Gasteiger partial charge in [0.1, 0.15) is 0 Å². The molecule has 0 amide bonds. The molecule has 0 aromatic carbocycles. The molecule has 12 heavy (non-hydrogen) atoms. The Morgan fingerprint density at radius 3 is 1.25 bits per heavy atom. The monoisotopic (exact) mass is 216 g/mol. The van der Waals surface area contributed by atoms with Crippen LogP contribution in [-0.2, 0) is 17.4 Å². The summed E-state index contributed by atoms with van der Waals surface area (Å²) in [7, 11) is 0. The first-order valence-electron chi connectivity index (χ1n) is 2.67. The first-order valence-corrected chi connectivity index (χ1v) is 2.67. The Labute approximate surface area is 82.0 Å². The minimum Gasteiger partial charge on any atom is -1.00 e. The Hall–Kier alpha value is 0.252. The zero-order valence-electron chi connectivity index (χ0n) is 6.32. The molecule has 8 heteroatoms. The van der Waals surface area contributed by atoms with Crippen molar-refractivity contribution >= 4 is 0 Å². The van der Waals surface area contributed by atoms with Gasteiger partial charge in [0.15, 0.2) is 0 Å². The van der Waals surface area contributed by atoms with Crippen molar-refractivity contribution in [2.24, 2.45) is 0 Å². The molecule has 0 radical (unpaired) electrons. The van der Waals surface area contributed by atoms with Crippen LogP contribution in [0.5, 0.6) is 0 Å². The molecule has 7 nitrogen and oxygen atoms in total. The SMILES string of the molecule is [Cr+4].[NH-]CC[N-]CC[NH-].[O-][O-].[O-][O-]. The number of hydrogen-bond acceptors (Lipinski definition) is 4. The topological polar surface area (TPSA) is 154 Å². The van der Waals surface area contributed by atoms with Crippen LogP contribution in [0.2, 0.25) is 0 Å². The van der Waals surface area contributed by atoms with Gasteiger partial charge >= 0.3 is 17.4 Å². The van der Waals surface area contributed by atoms with E-state index in [1.807, 2.05) is 0 Å². The maximum Gasteiger partial charge on any atom is 4.00 e. The third kappa shape index (κ3) is 48.5. The van der Waals surface area contributed by atoms with Gasteiger partial charge in [-0.2, -0.15) is 26.2 Å². The first kappa shape index (κ1) is 22.8. The van der Waals surface area contributed by atoms with Crippen LogP contribution in [-0.4, -0.2) is 26.2 Å². The number of hydrogen-bond donors (Lipinski definition) is 0. The number of nitrogens with one attached hydrogen (secondary N) is 2. The third-order valence-corrected chi connectivity index (χ3v) is 0.540. The minimum atomic E-state index is 0. The van der Waals surface area contributed by atoms with Gasteiger partial charge in [-0.3, -0.25) is 0 Å². The van der Waals surface area contributed by atoms with E-state index in [1.54, 1.807) is 0 Å². The van der Waals surface area contributed by atoms with E-state index in [0.29, 0.717) is 26.2 Å². The van der Waals surface area contributed by atoms with Gasteiger partial charge in [-0.1, -0.05) is 0 Å². The molecule has 0 saturated carbocycles. The summed E-state index contributed by atoms with van der Waals surface area (Å²) in [6.45, 7) is 1.91. The van der Waals surface area contributed by atoms with Crippen molar-refractivity contribution in [1.29, 1.82) is 0 Å². The molecule has 0 unspecified atom stereocenters. The summed E-state index contributed by atoms with van der Waals surface area (Å²) in [6, 6.07) is 0. The quantitative estimate of drug-likeness (QED) is 0.274. The van der Waals surface area contributed by atoms with Crippen molar-refractivity contribution in [3.8, 4) is 0 Å². The normalized spacial score (nSPS) is 6.50. The van der Waals surface area contributed by atoms with Crippen LogP contribution in [0, 0.1) is 0 Å². The average molecular weight is 216 g/mol. The Morgan fingerprint density at radius 2 is 1.08 bits per heavy atom. The van der Waals surface area contributed by atoms with E-state index in [1.165, 1.54) is 0 Å². The molecular weight excluding hydrogens is 206 g/mol. The second-order valence-electron chi connectivity index (χ2n) is 1.17. The molecule has 0 aromatic heterocycles. The summed E-state index contributed by atoms with van der Waals surface area (Å²) in [4.78, 5) is 0. The predicted octanol–water partition coefficient (Wildman–Crippen LogP) is -3.29. The average Bonchev–Trinajstić information content (AvgIpc) is 2.13. The van der Waals surface area contributed by atoms with E-state index in [9.17, 15) is 0 Å². The summed E-state index contributed by atoms with van der Waals surface area (Å²) < 4.78 is 0. The molecule has 74 valence electrons. The van der Waals surface area contributed by atoms with Crippen LogP contribution < -0.4 is 21.0 Å². The zero-order chi connectivity index (χ0) is 9.54. The van der Waals surface area contributed by atoms with Crippen molar-refractivity contribution in [3.05, 3.63) is 16.8 Å². The minimum absolute atomic E-state index is 0. The fraction of sp³-hybridized carbons (Fsp3) is 1.00. The fourth-order valence-electron chi connectivity index (χ4n) is 0.270. The van der Waals surface area contributed by atoms with E-state index >= 15 is 0 Å². The smallest absolute Gasteiger partial charge is 1.00 e. The molecule has 0 aliphatic rings. The molecular formula is C4H10CrN3O4-3. The molecule has 0 bridgehead atoms. The van der Waals surface area contributed by atoms with Crippen LogP contribution in [0.25, 0.3) is 16.8 Å². The predicted molar refractivity (Wildman–Crippen MR) is 31.5 cm³/mol. The summed E-state index contributed by atoms with van der Waals surface area (Å²) in [5.41, 5.74) is 13.3. The molecule has 0 saturated heterocycles. The largest absolute Gasteiger partial charge is 4.00 e. The molecule has 0 heterocycles. The van der Waals surface area contributed by atoms with Crippen LogP contribution in [0.4, 0.5) is 0 Å². The van der Waals surface area contributed by atoms with Gasteiger partial charge in [-0.25, -0.2) is 0 Å². The van der Waals surface area contributed by atoms with Crippen molar-refractivity contribution in [3.63, 3.8) is 0 Å². The Kier molecular flexibility index (Phi) is 81.4. The van der Waals surface area contributed by atoms with E-state index in [2.05, 4.69) is 5.32 Å². The molecule has 0 aliphatic heterocycles. The van der Waals surface area contributed by atoms with Crippen molar-refractivity contribution in [2.45, 2.75) is 0 Å². The van der Waals surface area contributed by atoms with Gasteiger partial charge < -0.3 is 37.8 Å². The van der Waals surface area contributed by atoms with Crippen LogP contribution in [0.15, 0.2) is 0 Å².